The number of allylic oxidation sites excluding steroid dienone is 4. The Bertz CT molecular complexity index is 1240. The molecule has 35 heavy (non-hydrogen) atoms. The minimum Gasteiger partial charge on any atom is -0.300 e. The predicted molar refractivity (Wildman–Crippen MR) is 148 cm³/mol. The predicted octanol–water partition coefficient (Wildman–Crippen LogP) is 6.53. The molecule has 0 saturated carbocycles. The summed E-state index contributed by atoms with van der Waals surface area (Å²) in [6, 6.07) is 6.61. The van der Waals surface area contributed by atoms with Gasteiger partial charge in [-0.2, -0.15) is 10.2 Å². The Hall–Kier alpha value is -2.77. The van der Waals surface area contributed by atoms with Gasteiger partial charge >= 0.3 is 0 Å². The summed E-state index contributed by atoms with van der Waals surface area (Å²) < 4.78 is 3.95. The molecule has 2 N–H and O–H groups in total. The minimum absolute atomic E-state index is 0.219. The molecule has 0 spiro atoms. The number of hydrogen-bond acceptors (Lipinski definition) is 5. The van der Waals surface area contributed by atoms with E-state index in [0.29, 0.717) is 45.9 Å². The number of carbonyl (C=O) groups is 1. The van der Waals surface area contributed by atoms with Crippen molar-refractivity contribution in [1.29, 1.82) is 0 Å². The highest BCUT2D eigenvalue weighted by atomic mass is 35.5. The van der Waals surface area contributed by atoms with Gasteiger partial charge < -0.3 is 0 Å². The van der Waals surface area contributed by atoms with Gasteiger partial charge in [-0.15, -0.1) is 24.4 Å². The van der Waals surface area contributed by atoms with Gasteiger partial charge in [-0.3, -0.25) is 19.6 Å². The molecular weight excluding hydrogens is 523 g/mol. The molecule has 11 heteroatoms. The smallest absolute Gasteiger partial charge is 0.265 e. The van der Waals surface area contributed by atoms with Gasteiger partial charge in [0.1, 0.15) is 11.6 Å². The van der Waals surface area contributed by atoms with Crippen LogP contribution in [0.1, 0.15) is 48.7 Å². The molecule has 0 amide bonds. The third-order valence-electron chi connectivity index (χ3n) is 4.37. The first kappa shape index (κ1) is 30.3. The lowest BCUT2D eigenvalue weighted by Crippen LogP contribution is -2.17. The van der Waals surface area contributed by atoms with Gasteiger partial charge in [0.25, 0.3) is 5.91 Å². The maximum atomic E-state index is 12.9. The monoisotopic (exact) mass is 550 g/mol. The number of hydrogen-bond donors (Lipinski definition) is 2. The molecule has 0 aliphatic carbocycles. The summed E-state index contributed by atoms with van der Waals surface area (Å²) in [6.45, 7) is 4.74. The molecule has 1 aromatic carbocycles. The Morgan fingerprint density at radius 3 is 2.11 bits per heavy atom. The lowest BCUT2D eigenvalue weighted by molar-refractivity contribution is 0.0955. The zero-order valence-electron chi connectivity index (χ0n) is 19.6. The van der Waals surface area contributed by atoms with Gasteiger partial charge in [0, 0.05) is 23.0 Å². The van der Waals surface area contributed by atoms with Crippen molar-refractivity contribution in [3.05, 3.63) is 80.3 Å². The second-order valence-corrected chi connectivity index (χ2v) is 8.26. The number of rotatable bonds is 8. The van der Waals surface area contributed by atoms with E-state index < -0.39 is 0 Å². The van der Waals surface area contributed by atoms with Crippen LogP contribution in [0, 0.1) is 22.4 Å². The van der Waals surface area contributed by atoms with Crippen LogP contribution >= 0.6 is 47.6 Å². The number of halogens is 2. The third-order valence-corrected chi connectivity index (χ3v) is 5.39. The van der Waals surface area contributed by atoms with Crippen molar-refractivity contribution in [3.63, 3.8) is 0 Å². The van der Waals surface area contributed by atoms with Crippen molar-refractivity contribution < 1.29 is 4.79 Å². The molecule has 3 rings (SSSR count). The number of nitrogens with zero attached hydrogens (tertiary/aromatic N) is 4. The van der Waals surface area contributed by atoms with Crippen LogP contribution in [0.5, 0.6) is 0 Å². The molecule has 2 heterocycles. The van der Waals surface area contributed by atoms with Gasteiger partial charge in [0.15, 0.2) is 4.77 Å². The van der Waals surface area contributed by atoms with Gasteiger partial charge in [-0.05, 0) is 61.5 Å². The fourth-order valence-electron chi connectivity index (χ4n) is 2.77. The third kappa shape index (κ3) is 9.42. The molecule has 0 aliphatic heterocycles. The number of benzene rings is 1. The van der Waals surface area contributed by atoms with E-state index in [1.54, 1.807) is 24.3 Å². The second-order valence-electron chi connectivity index (χ2n) is 6.74. The van der Waals surface area contributed by atoms with Gasteiger partial charge in [-0.1, -0.05) is 49.8 Å². The highest BCUT2D eigenvalue weighted by Gasteiger charge is 2.18. The second kappa shape index (κ2) is 16.8. The average Bonchev–Trinajstić information content (AvgIpc) is 3.41. The summed E-state index contributed by atoms with van der Waals surface area (Å²) in [4.78, 5) is 12.9. The summed E-state index contributed by atoms with van der Waals surface area (Å²) in [5, 5.41) is 14.5. The highest BCUT2D eigenvalue weighted by Crippen LogP contribution is 2.14. The van der Waals surface area contributed by atoms with Gasteiger partial charge in [-0.25, -0.2) is 4.57 Å². The van der Waals surface area contributed by atoms with Gasteiger partial charge in [0.05, 0.1) is 6.42 Å². The van der Waals surface area contributed by atoms with Crippen molar-refractivity contribution in [2.24, 2.45) is 0 Å². The van der Waals surface area contributed by atoms with Crippen molar-refractivity contribution >= 4 is 53.5 Å². The van der Waals surface area contributed by atoms with Crippen molar-refractivity contribution in [1.82, 2.24) is 29.5 Å². The van der Waals surface area contributed by atoms with E-state index in [4.69, 9.17) is 47.6 Å². The van der Waals surface area contributed by atoms with E-state index in [1.807, 2.05) is 22.8 Å². The van der Waals surface area contributed by atoms with Crippen LogP contribution < -0.4 is 0 Å². The van der Waals surface area contributed by atoms with Crippen molar-refractivity contribution in [3.8, 4) is 12.8 Å². The van der Waals surface area contributed by atoms with Crippen LogP contribution in [0.2, 0.25) is 5.02 Å². The average molecular weight is 552 g/mol. The zero-order valence-corrected chi connectivity index (χ0v) is 22.7. The Kier molecular flexibility index (Phi) is 14.5. The SMILES string of the molecule is C#C.CC/C=C/Cn1c(Cc2n[nH]c(=S)n2C(=O)c2ccc(Cl)cc2)n[nH]c1=S.CC/C=C\CCl. The standard InChI is InChI=1S/C17H17ClN6OS2.C5H9Cl.C2H2/c1-2-3-4-9-23-13(19-21-16(23)26)10-14-20-22-17(27)24(14)15(25)11-5-7-12(18)8-6-11;1-2-3-4-5-6;1-2/h3-8H,2,9-10H2,1H3,(H,21,26)(H,22,27);3-4H,2,5H2,1H3;1-2H/b4-3+;4-3-;. The quantitative estimate of drug-likeness (QED) is 0.144. The topological polar surface area (TPSA) is 84.3 Å². The number of nitrogens with one attached hydrogen (secondary N) is 2. The maximum absolute atomic E-state index is 12.9. The number of H-pyrrole nitrogens is 2. The largest absolute Gasteiger partial charge is 0.300 e. The summed E-state index contributed by atoms with van der Waals surface area (Å²) >= 11 is 21.7. The molecule has 2 aromatic heterocycles. The number of aromatic nitrogens is 6. The molecule has 7 nitrogen and oxygen atoms in total. The van der Waals surface area contributed by atoms with E-state index in [1.165, 1.54) is 4.57 Å². The Balaban J connectivity index is 0.000000670. The fraction of sp³-hybridized carbons (Fsp3) is 0.292. The number of aromatic amines is 2. The molecule has 0 saturated heterocycles. The van der Waals surface area contributed by atoms with Crippen LogP contribution in [-0.4, -0.2) is 41.3 Å². The van der Waals surface area contributed by atoms with E-state index in [-0.39, 0.29) is 10.7 Å². The molecule has 186 valence electrons. The van der Waals surface area contributed by atoms with E-state index in [9.17, 15) is 4.79 Å². The fourth-order valence-corrected chi connectivity index (χ4v) is 3.48. The molecule has 0 fully saturated rings. The molecule has 0 atom stereocenters. The summed E-state index contributed by atoms with van der Waals surface area (Å²) in [7, 11) is 0. The first-order valence-electron chi connectivity index (χ1n) is 10.7. The Morgan fingerprint density at radius 1 is 0.971 bits per heavy atom. The van der Waals surface area contributed by atoms with E-state index >= 15 is 0 Å². The zero-order chi connectivity index (χ0) is 26.2. The number of carbonyl (C=O) groups excluding carboxylic acids is 1. The first-order chi connectivity index (χ1) is 16.9. The molecule has 0 unspecified atom stereocenters. The van der Waals surface area contributed by atoms with Crippen LogP contribution in [0.25, 0.3) is 0 Å². The highest BCUT2D eigenvalue weighted by molar-refractivity contribution is 7.71. The Morgan fingerprint density at radius 2 is 1.54 bits per heavy atom. The summed E-state index contributed by atoms with van der Waals surface area (Å²) in [5.74, 6) is 1.48. The van der Waals surface area contributed by atoms with Crippen LogP contribution in [0.15, 0.2) is 48.6 Å². The van der Waals surface area contributed by atoms with Crippen LogP contribution in [-0.2, 0) is 13.0 Å². The first-order valence-corrected chi connectivity index (χ1v) is 12.5. The molecular formula is C24H28Cl2N6OS2. The van der Waals surface area contributed by atoms with Crippen molar-refractivity contribution in [2.75, 3.05) is 5.88 Å². The van der Waals surface area contributed by atoms with Crippen molar-refractivity contribution in [2.45, 2.75) is 39.7 Å². The molecule has 3 aromatic rings. The van der Waals surface area contributed by atoms with Crippen LogP contribution in [0.3, 0.4) is 0 Å². The normalized spacial score (nSPS) is 10.6. The maximum Gasteiger partial charge on any atom is 0.265 e. The minimum atomic E-state index is -0.285. The van der Waals surface area contributed by atoms with E-state index in [0.717, 1.165) is 12.8 Å². The summed E-state index contributed by atoms with van der Waals surface area (Å²) in [5.41, 5.74) is 0.461. The number of terminal acetylenes is 1. The molecule has 0 bridgehead atoms. The lowest BCUT2D eigenvalue weighted by Gasteiger charge is -2.07. The van der Waals surface area contributed by atoms with Gasteiger partial charge in [0.2, 0.25) is 4.77 Å². The van der Waals surface area contributed by atoms with E-state index in [2.05, 4.69) is 53.2 Å². The number of alkyl halides is 1. The molecule has 0 aliphatic rings. The lowest BCUT2D eigenvalue weighted by atomic mass is 10.2. The Labute approximate surface area is 225 Å². The van der Waals surface area contributed by atoms with Crippen LogP contribution in [0.4, 0.5) is 0 Å². The summed E-state index contributed by atoms with van der Waals surface area (Å²) in [6.07, 6.45) is 18.4. The molecule has 0 radical (unpaired) electrons.